The number of hydrogen-bond acceptors (Lipinski definition) is 4. The van der Waals surface area contributed by atoms with E-state index in [1.807, 2.05) is 30.5 Å². The van der Waals surface area contributed by atoms with E-state index in [4.69, 9.17) is 9.72 Å². The molecule has 0 bridgehead atoms. The second kappa shape index (κ2) is 6.58. The van der Waals surface area contributed by atoms with Crippen LogP contribution in [-0.4, -0.2) is 25.7 Å². The van der Waals surface area contributed by atoms with E-state index >= 15 is 0 Å². The standard InChI is InChI=1S/C17H22N2OS/c1-18-11-13-4-3-5-15-17(13)19-16(21-15)10-12-6-8-14(20-2)9-7-12/h6-9,13,18H,3-5,10-11H2,1-2H3. The molecule has 0 amide bonds. The van der Waals surface area contributed by atoms with E-state index in [0.29, 0.717) is 5.92 Å². The third-order valence-corrected chi connectivity index (χ3v) is 5.21. The molecular formula is C17H22N2OS. The van der Waals surface area contributed by atoms with Gasteiger partial charge < -0.3 is 10.1 Å². The summed E-state index contributed by atoms with van der Waals surface area (Å²) >= 11 is 1.90. The molecule has 0 saturated heterocycles. The average Bonchev–Trinajstić information content (AvgIpc) is 2.92. The fraction of sp³-hybridized carbons (Fsp3) is 0.471. The van der Waals surface area contributed by atoms with Gasteiger partial charge in [-0.05, 0) is 44.0 Å². The number of methoxy groups -OCH3 is 1. The van der Waals surface area contributed by atoms with Crippen LogP contribution in [0.1, 0.15) is 39.9 Å². The Labute approximate surface area is 130 Å². The van der Waals surface area contributed by atoms with Crippen molar-refractivity contribution in [2.45, 2.75) is 31.6 Å². The van der Waals surface area contributed by atoms with Crippen molar-refractivity contribution >= 4 is 11.3 Å². The minimum atomic E-state index is 0.597. The highest BCUT2D eigenvalue weighted by Gasteiger charge is 2.24. The van der Waals surface area contributed by atoms with Crippen LogP contribution >= 0.6 is 11.3 Å². The van der Waals surface area contributed by atoms with Gasteiger partial charge in [0.05, 0.1) is 17.8 Å². The summed E-state index contributed by atoms with van der Waals surface area (Å²) < 4.78 is 5.21. The maximum Gasteiger partial charge on any atom is 0.118 e. The van der Waals surface area contributed by atoms with Gasteiger partial charge in [-0.1, -0.05) is 12.1 Å². The van der Waals surface area contributed by atoms with Crippen molar-refractivity contribution in [2.75, 3.05) is 20.7 Å². The molecule has 1 aliphatic carbocycles. The Balaban J connectivity index is 1.77. The molecule has 1 aromatic carbocycles. The quantitative estimate of drug-likeness (QED) is 0.919. The number of hydrogen-bond donors (Lipinski definition) is 1. The molecule has 1 atom stereocenters. The second-order valence-electron chi connectivity index (χ2n) is 5.59. The number of likely N-dealkylation sites (N-methyl/N-ethyl adjacent to an activating group) is 1. The first-order chi connectivity index (χ1) is 10.3. The van der Waals surface area contributed by atoms with E-state index in [1.54, 1.807) is 7.11 Å². The van der Waals surface area contributed by atoms with Crippen LogP contribution in [0.2, 0.25) is 0 Å². The zero-order valence-corrected chi connectivity index (χ0v) is 13.5. The summed E-state index contributed by atoms with van der Waals surface area (Å²) in [4.78, 5) is 6.44. The molecule has 0 saturated carbocycles. The summed E-state index contributed by atoms with van der Waals surface area (Å²) in [5.74, 6) is 1.51. The van der Waals surface area contributed by atoms with E-state index in [0.717, 1.165) is 18.7 Å². The van der Waals surface area contributed by atoms with Crippen LogP contribution in [0.15, 0.2) is 24.3 Å². The average molecular weight is 302 g/mol. The van der Waals surface area contributed by atoms with Crippen molar-refractivity contribution in [1.29, 1.82) is 0 Å². The van der Waals surface area contributed by atoms with E-state index in [9.17, 15) is 0 Å². The van der Waals surface area contributed by atoms with Gasteiger partial charge in [-0.3, -0.25) is 0 Å². The maximum atomic E-state index is 5.21. The Hall–Kier alpha value is -1.39. The zero-order valence-electron chi connectivity index (χ0n) is 12.7. The third kappa shape index (κ3) is 3.27. The number of rotatable bonds is 5. The Bertz CT molecular complexity index is 591. The maximum absolute atomic E-state index is 5.21. The van der Waals surface area contributed by atoms with Gasteiger partial charge in [0.15, 0.2) is 0 Å². The van der Waals surface area contributed by atoms with Gasteiger partial charge in [0.2, 0.25) is 0 Å². The number of nitrogens with zero attached hydrogens (tertiary/aromatic N) is 1. The molecule has 0 spiro atoms. The lowest BCUT2D eigenvalue weighted by molar-refractivity contribution is 0.414. The summed E-state index contributed by atoms with van der Waals surface area (Å²) in [7, 11) is 3.73. The molecule has 1 heterocycles. The van der Waals surface area contributed by atoms with Crippen LogP contribution in [0, 0.1) is 0 Å². The van der Waals surface area contributed by atoms with Crippen molar-refractivity contribution in [2.24, 2.45) is 0 Å². The van der Waals surface area contributed by atoms with E-state index < -0.39 is 0 Å². The lowest BCUT2D eigenvalue weighted by Gasteiger charge is -2.20. The SMILES string of the molecule is CNCC1CCCc2sc(Cc3ccc(OC)cc3)nc21. The fourth-order valence-electron chi connectivity index (χ4n) is 3.00. The van der Waals surface area contributed by atoms with Gasteiger partial charge in [0.1, 0.15) is 5.75 Å². The Morgan fingerprint density at radius 1 is 1.33 bits per heavy atom. The lowest BCUT2D eigenvalue weighted by Crippen LogP contribution is -2.21. The van der Waals surface area contributed by atoms with Gasteiger partial charge in [-0.25, -0.2) is 4.98 Å². The number of aromatic nitrogens is 1. The molecule has 3 nitrogen and oxygen atoms in total. The number of fused-ring (bicyclic) bond motifs is 1. The summed E-state index contributed by atoms with van der Waals surface area (Å²) in [6, 6.07) is 8.30. The molecule has 1 unspecified atom stereocenters. The molecule has 0 fully saturated rings. The van der Waals surface area contributed by atoms with Crippen LogP contribution < -0.4 is 10.1 Å². The number of ether oxygens (including phenoxy) is 1. The Morgan fingerprint density at radius 3 is 2.86 bits per heavy atom. The van der Waals surface area contributed by atoms with E-state index in [1.165, 1.54) is 40.4 Å². The summed E-state index contributed by atoms with van der Waals surface area (Å²) in [6.07, 6.45) is 4.69. The minimum absolute atomic E-state index is 0.597. The molecule has 21 heavy (non-hydrogen) atoms. The molecule has 112 valence electrons. The van der Waals surface area contributed by atoms with Gasteiger partial charge in [0, 0.05) is 23.8 Å². The first-order valence-electron chi connectivity index (χ1n) is 7.56. The van der Waals surface area contributed by atoms with Crippen LogP contribution in [0.4, 0.5) is 0 Å². The van der Waals surface area contributed by atoms with Gasteiger partial charge in [-0.2, -0.15) is 0 Å². The second-order valence-corrected chi connectivity index (χ2v) is 6.76. The predicted octanol–water partition coefficient (Wildman–Crippen LogP) is 3.38. The molecule has 0 aliphatic heterocycles. The molecule has 2 aromatic rings. The van der Waals surface area contributed by atoms with Crippen LogP contribution in [-0.2, 0) is 12.8 Å². The highest BCUT2D eigenvalue weighted by Crippen LogP contribution is 2.35. The van der Waals surface area contributed by atoms with Crippen LogP contribution in [0.5, 0.6) is 5.75 Å². The highest BCUT2D eigenvalue weighted by atomic mass is 32.1. The predicted molar refractivity (Wildman–Crippen MR) is 87.5 cm³/mol. The monoisotopic (exact) mass is 302 g/mol. The zero-order chi connectivity index (χ0) is 14.7. The summed E-state index contributed by atoms with van der Waals surface area (Å²) in [5.41, 5.74) is 2.65. The van der Waals surface area contributed by atoms with Crippen molar-refractivity contribution in [3.05, 3.63) is 45.4 Å². The van der Waals surface area contributed by atoms with E-state index in [2.05, 4.69) is 17.4 Å². The third-order valence-electron chi connectivity index (χ3n) is 4.08. The van der Waals surface area contributed by atoms with Crippen LogP contribution in [0.25, 0.3) is 0 Å². The van der Waals surface area contributed by atoms with Crippen molar-refractivity contribution in [3.8, 4) is 5.75 Å². The smallest absolute Gasteiger partial charge is 0.118 e. The van der Waals surface area contributed by atoms with Crippen molar-refractivity contribution in [3.63, 3.8) is 0 Å². The largest absolute Gasteiger partial charge is 0.497 e. The normalized spacial score (nSPS) is 17.5. The number of aryl methyl sites for hydroxylation is 1. The molecule has 1 aromatic heterocycles. The topological polar surface area (TPSA) is 34.1 Å². The Morgan fingerprint density at radius 2 is 2.14 bits per heavy atom. The van der Waals surface area contributed by atoms with Crippen molar-refractivity contribution in [1.82, 2.24) is 10.3 Å². The first-order valence-corrected chi connectivity index (χ1v) is 8.38. The molecule has 3 rings (SSSR count). The number of benzene rings is 1. The molecule has 1 aliphatic rings. The summed E-state index contributed by atoms with van der Waals surface area (Å²) in [5, 5.41) is 4.54. The van der Waals surface area contributed by atoms with Gasteiger partial charge >= 0.3 is 0 Å². The number of thiazole rings is 1. The van der Waals surface area contributed by atoms with Crippen LogP contribution in [0.3, 0.4) is 0 Å². The lowest BCUT2D eigenvalue weighted by atomic mass is 9.91. The van der Waals surface area contributed by atoms with Crippen molar-refractivity contribution < 1.29 is 4.74 Å². The first kappa shape index (κ1) is 14.5. The van der Waals surface area contributed by atoms with Gasteiger partial charge in [0.25, 0.3) is 0 Å². The minimum Gasteiger partial charge on any atom is -0.497 e. The Kier molecular flexibility index (Phi) is 4.56. The van der Waals surface area contributed by atoms with Gasteiger partial charge in [-0.15, -0.1) is 11.3 Å². The summed E-state index contributed by atoms with van der Waals surface area (Å²) in [6.45, 7) is 1.04. The fourth-order valence-corrected chi connectivity index (χ4v) is 4.23. The molecule has 1 N–H and O–H groups in total. The highest BCUT2D eigenvalue weighted by molar-refractivity contribution is 7.11. The number of nitrogens with one attached hydrogen (secondary N) is 1. The molecule has 0 radical (unpaired) electrons. The molecule has 4 heteroatoms. The van der Waals surface area contributed by atoms with E-state index in [-0.39, 0.29) is 0 Å². The molecular weight excluding hydrogens is 280 g/mol.